The number of rotatable bonds is 3. The van der Waals surface area contributed by atoms with Gasteiger partial charge in [0.05, 0.1) is 10.9 Å². The van der Waals surface area contributed by atoms with E-state index in [9.17, 15) is 4.39 Å². The van der Waals surface area contributed by atoms with Crippen molar-refractivity contribution >= 4 is 18.6 Å². The van der Waals surface area contributed by atoms with E-state index >= 15 is 0 Å². The van der Waals surface area contributed by atoms with Gasteiger partial charge in [0, 0.05) is 6.61 Å². The van der Waals surface area contributed by atoms with E-state index in [1.807, 2.05) is 0 Å². The zero-order valence-electron chi connectivity index (χ0n) is 11.2. The van der Waals surface area contributed by atoms with Crippen molar-refractivity contribution in [1.82, 2.24) is 9.78 Å². The maximum Gasteiger partial charge on any atom is 0.570 e. The minimum absolute atomic E-state index is 0.174. The number of aromatic nitrogens is 2. The predicted molar refractivity (Wildman–Crippen MR) is 71.9 cm³/mol. The fraction of sp³-hybridized carbons (Fsp3) is 0.462. The summed E-state index contributed by atoms with van der Waals surface area (Å²) in [6.07, 6.45) is 2.79. The molecule has 1 atom stereocenters. The lowest BCUT2D eigenvalue weighted by Gasteiger charge is -2.23. The van der Waals surface area contributed by atoms with Crippen molar-refractivity contribution in [1.29, 1.82) is 0 Å². The van der Waals surface area contributed by atoms with Crippen LogP contribution in [0, 0.1) is 12.7 Å². The lowest BCUT2D eigenvalue weighted by atomic mass is 10.1. The van der Waals surface area contributed by atoms with Crippen molar-refractivity contribution in [2.45, 2.75) is 32.4 Å². The Morgan fingerprint density at radius 3 is 3.05 bits per heavy atom. The third-order valence-electron chi connectivity index (χ3n) is 3.55. The molecule has 105 valence electrons. The second-order valence-corrected chi connectivity index (χ2v) is 4.91. The SMILES string of the molecule is Cc1cc2c(cc1F)c(O[B]O)nn2C1CCCCO1. The lowest BCUT2D eigenvalue weighted by Crippen LogP contribution is -2.19. The molecule has 2 aromatic rings. The molecule has 1 radical (unpaired) electrons. The molecule has 5 nitrogen and oxygen atoms in total. The second-order valence-electron chi connectivity index (χ2n) is 4.91. The van der Waals surface area contributed by atoms with E-state index in [1.165, 1.54) is 6.07 Å². The maximum absolute atomic E-state index is 13.7. The average Bonchev–Trinajstić information content (AvgIpc) is 2.79. The van der Waals surface area contributed by atoms with Crippen LogP contribution in [-0.4, -0.2) is 29.1 Å². The predicted octanol–water partition coefficient (Wildman–Crippen LogP) is 2.09. The lowest BCUT2D eigenvalue weighted by molar-refractivity contribution is -0.0370. The highest BCUT2D eigenvalue weighted by molar-refractivity contribution is 6.17. The number of hydrogen-bond acceptors (Lipinski definition) is 4. The molecule has 1 aromatic carbocycles. The Morgan fingerprint density at radius 2 is 2.35 bits per heavy atom. The maximum atomic E-state index is 13.7. The number of nitrogens with zero attached hydrogens (tertiary/aromatic N) is 2. The van der Waals surface area contributed by atoms with Gasteiger partial charge in [-0.15, -0.1) is 5.10 Å². The van der Waals surface area contributed by atoms with Crippen LogP contribution in [0.3, 0.4) is 0 Å². The molecule has 0 amide bonds. The van der Waals surface area contributed by atoms with Crippen LogP contribution in [0.15, 0.2) is 12.1 Å². The standard InChI is InChI=1S/C13H15BFN2O3/c1-8-6-11-9(7-10(8)15)13(20-14-18)16-17(11)12-4-2-3-5-19-12/h6-7,12,18H,2-5H2,1H3. The topological polar surface area (TPSA) is 56.5 Å². The first-order valence-electron chi connectivity index (χ1n) is 6.63. The van der Waals surface area contributed by atoms with Gasteiger partial charge in [0.25, 0.3) is 0 Å². The molecule has 20 heavy (non-hydrogen) atoms. The first-order chi connectivity index (χ1) is 9.70. The number of aryl methyl sites for hydroxylation is 1. The van der Waals surface area contributed by atoms with E-state index < -0.39 is 0 Å². The summed E-state index contributed by atoms with van der Waals surface area (Å²) >= 11 is 0. The number of hydrogen-bond donors (Lipinski definition) is 1. The third kappa shape index (κ3) is 2.27. The summed E-state index contributed by atoms with van der Waals surface area (Å²) in [5.41, 5.74) is 1.28. The van der Waals surface area contributed by atoms with Gasteiger partial charge in [0.15, 0.2) is 6.23 Å². The Balaban J connectivity index is 2.12. The Hall–Kier alpha value is -1.60. The zero-order chi connectivity index (χ0) is 14.1. The molecule has 1 fully saturated rings. The summed E-state index contributed by atoms with van der Waals surface area (Å²) in [5.74, 6) is -0.153. The van der Waals surface area contributed by atoms with E-state index in [4.69, 9.17) is 14.4 Å². The largest absolute Gasteiger partial charge is 0.570 e. The van der Waals surface area contributed by atoms with Crippen molar-refractivity contribution in [2.24, 2.45) is 0 Å². The first-order valence-corrected chi connectivity index (χ1v) is 6.63. The van der Waals surface area contributed by atoms with E-state index in [2.05, 4.69) is 5.10 Å². The molecule has 0 saturated carbocycles. The molecule has 1 aliphatic heterocycles. The van der Waals surface area contributed by atoms with E-state index in [0.29, 0.717) is 25.2 Å². The van der Waals surface area contributed by atoms with Crippen molar-refractivity contribution in [2.75, 3.05) is 6.61 Å². The van der Waals surface area contributed by atoms with Crippen LogP contribution in [0.5, 0.6) is 5.88 Å². The number of halogens is 1. The van der Waals surface area contributed by atoms with Gasteiger partial charge in [0.2, 0.25) is 5.88 Å². The van der Waals surface area contributed by atoms with Crippen LogP contribution in [-0.2, 0) is 4.74 Å². The minimum atomic E-state index is -0.329. The quantitative estimate of drug-likeness (QED) is 0.873. The fourth-order valence-electron chi connectivity index (χ4n) is 2.51. The summed E-state index contributed by atoms with van der Waals surface area (Å²) in [4.78, 5) is 0. The van der Waals surface area contributed by atoms with E-state index in [-0.39, 0.29) is 17.9 Å². The van der Waals surface area contributed by atoms with Crippen molar-refractivity contribution in [3.8, 4) is 5.88 Å². The van der Waals surface area contributed by atoms with Crippen molar-refractivity contribution in [3.05, 3.63) is 23.5 Å². The van der Waals surface area contributed by atoms with Gasteiger partial charge in [-0.25, -0.2) is 9.07 Å². The van der Waals surface area contributed by atoms with E-state index in [1.54, 1.807) is 17.7 Å². The Kier molecular flexibility index (Phi) is 3.63. The van der Waals surface area contributed by atoms with Crippen molar-refractivity contribution < 1.29 is 18.8 Å². The normalized spacial score (nSPS) is 19.2. The molecule has 1 unspecified atom stereocenters. The minimum Gasteiger partial charge on any atom is -0.522 e. The molecular formula is C13H15BFN2O3. The van der Waals surface area contributed by atoms with Gasteiger partial charge in [0.1, 0.15) is 5.82 Å². The molecule has 0 spiro atoms. The van der Waals surface area contributed by atoms with Gasteiger partial charge in [-0.2, -0.15) is 0 Å². The summed E-state index contributed by atoms with van der Waals surface area (Å²) in [6, 6.07) is 3.09. The van der Waals surface area contributed by atoms with Crippen LogP contribution < -0.4 is 4.65 Å². The summed E-state index contributed by atoms with van der Waals surface area (Å²) in [5, 5.41) is 13.6. The summed E-state index contributed by atoms with van der Waals surface area (Å²) in [6.45, 7) is 2.39. The molecule has 2 heterocycles. The van der Waals surface area contributed by atoms with Crippen LogP contribution >= 0.6 is 0 Å². The number of ether oxygens (including phenoxy) is 1. The number of benzene rings is 1. The van der Waals surface area contributed by atoms with Crippen molar-refractivity contribution in [3.63, 3.8) is 0 Å². The van der Waals surface area contributed by atoms with Crippen LogP contribution in [0.2, 0.25) is 0 Å². The molecular weight excluding hydrogens is 262 g/mol. The third-order valence-corrected chi connectivity index (χ3v) is 3.55. The van der Waals surface area contributed by atoms with Gasteiger partial charge < -0.3 is 14.4 Å². The molecule has 0 aliphatic carbocycles. The molecule has 3 rings (SSSR count). The second kappa shape index (κ2) is 5.42. The van der Waals surface area contributed by atoms with Crippen LogP contribution in [0.1, 0.15) is 31.1 Å². The molecule has 1 aliphatic rings. The van der Waals surface area contributed by atoms with Crippen LogP contribution in [0.4, 0.5) is 4.39 Å². The monoisotopic (exact) mass is 277 g/mol. The Labute approximate surface area is 116 Å². The average molecular weight is 277 g/mol. The summed E-state index contributed by atoms with van der Waals surface area (Å²) in [7, 11) is 0.547. The first kappa shape index (κ1) is 13.4. The van der Waals surface area contributed by atoms with Gasteiger partial charge in [-0.1, -0.05) is 0 Å². The molecule has 7 heteroatoms. The van der Waals surface area contributed by atoms with E-state index in [0.717, 1.165) is 24.8 Å². The highest BCUT2D eigenvalue weighted by atomic mass is 19.1. The Morgan fingerprint density at radius 1 is 1.50 bits per heavy atom. The Bertz CT molecular complexity index is 626. The highest BCUT2D eigenvalue weighted by Crippen LogP contribution is 2.32. The smallest absolute Gasteiger partial charge is 0.522 e. The molecule has 1 aromatic heterocycles. The molecule has 1 saturated heterocycles. The van der Waals surface area contributed by atoms with Gasteiger partial charge in [-0.3, -0.25) is 0 Å². The molecule has 0 bridgehead atoms. The van der Waals surface area contributed by atoms with Gasteiger partial charge >= 0.3 is 7.69 Å². The molecule has 1 N–H and O–H groups in total. The van der Waals surface area contributed by atoms with Crippen LogP contribution in [0.25, 0.3) is 10.9 Å². The zero-order valence-corrected chi connectivity index (χ0v) is 11.2. The number of fused-ring (bicyclic) bond motifs is 1. The van der Waals surface area contributed by atoms with Gasteiger partial charge in [-0.05, 0) is 43.9 Å². The fourth-order valence-corrected chi connectivity index (χ4v) is 2.51. The highest BCUT2D eigenvalue weighted by Gasteiger charge is 2.22. The summed E-state index contributed by atoms with van der Waals surface area (Å²) < 4.78 is 26.1.